The van der Waals surface area contributed by atoms with E-state index in [1.54, 1.807) is 0 Å². The molecule has 18 heavy (non-hydrogen) atoms. The average Bonchev–Trinajstić information content (AvgIpc) is 2.77. The van der Waals surface area contributed by atoms with E-state index in [1.165, 1.54) is 12.1 Å². The molecule has 2 aromatic rings. The van der Waals surface area contributed by atoms with Crippen LogP contribution in [0.15, 0.2) is 30.5 Å². The van der Waals surface area contributed by atoms with Gasteiger partial charge in [0.2, 0.25) is 0 Å². The van der Waals surface area contributed by atoms with Crippen molar-refractivity contribution in [2.45, 2.75) is 12.3 Å². The fourth-order valence-electron chi connectivity index (χ4n) is 1.43. The maximum absolute atomic E-state index is 12.6. The first-order valence-electron chi connectivity index (χ1n) is 4.93. The number of aromatic amines is 1. The van der Waals surface area contributed by atoms with Gasteiger partial charge in [0.05, 0.1) is 23.3 Å². The topological polar surface area (TPSA) is 48.9 Å². The molecule has 0 aromatic carbocycles. The lowest BCUT2D eigenvalue weighted by atomic mass is 10.2. The number of halogens is 4. The molecule has 0 aliphatic carbocycles. The van der Waals surface area contributed by atoms with Crippen molar-refractivity contribution >= 4 is 0 Å². The number of aliphatic hydroxyl groups is 1. The number of rotatable bonds is 2. The molecular weight excluding hydrogens is 252 g/mol. The first kappa shape index (κ1) is 12.6. The molecule has 0 spiro atoms. The summed E-state index contributed by atoms with van der Waals surface area (Å²) in [6.07, 6.45) is -6.36. The van der Waals surface area contributed by atoms with Crippen molar-refractivity contribution in [1.82, 2.24) is 9.97 Å². The molecule has 0 bridgehead atoms. The summed E-state index contributed by atoms with van der Waals surface area (Å²) in [6, 6.07) is 4.91. The summed E-state index contributed by atoms with van der Waals surface area (Å²) in [5.74, 6) is -0.541. The smallest absolute Gasteiger partial charge is 0.378 e. The standard InChI is InChI=1S/C11H8F4N2O/c12-6-1-2-7(16-5-6)8-3-4-9(17-8)10(18)11(13,14)15/h1-5,10,17-18H. The van der Waals surface area contributed by atoms with Crippen molar-refractivity contribution in [3.8, 4) is 11.4 Å². The second-order valence-electron chi connectivity index (χ2n) is 3.63. The van der Waals surface area contributed by atoms with Gasteiger partial charge in [-0.2, -0.15) is 13.2 Å². The van der Waals surface area contributed by atoms with Gasteiger partial charge in [-0.1, -0.05) is 0 Å². The highest BCUT2D eigenvalue weighted by molar-refractivity contribution is 5.54. The number of aromatic nitrogens is 2. The van der Waals surface area contributed by atoms with E-state index in [9.17, 15) is 17.6 Å². The van der Waals surface area contributed by atoms with Crippen LogP contribution in [-0.2, 0) is 0 Å². The Morgan fingerprint density at radius 3 is 2.44 bits per heavy atom. The van der Waals surface area contributed by atoms with Crippen LogP contribution in [-0.4, -0.2) is 21.3 Å². The van der Waals surface area contributed by atoms with Crippen LogP contribution < -0.4 is 0 Å². The van der Waals surface area contributed by atoms with E-state index in [2.05, 4.69) is 9.97 Å². The Morgan fingerprint density at radius 1 is 1.17 bits per heavy atom. The summed E-state index contributed by atoms with van der Waals surface area (Å²) < 4.78 is 49.4. The molecule has 0 aliphatic rings. The van der Waals surface area contributed by atoms with Crippen LogP contribution in [0.25, 0.3) is 11.4 Å². The zero-order valence-corrected chi connectivity index (χ0v) is 8.87. The van der Waals surface area contributed by atoms with E-state index >= 15 is 0 Å². The molecule has 1 unspecified atom stereocenters. The van der Waals surface area contributed by atoms with Gasteiger partial charge in [-0.05, 0) is 24.3 Å². The van der Waals surface area contributed by atoms with E-state index in [0.717, 1.165) is 18.3 Å². The quantitative estimate of drug-likeness (QED) is 0.816. The molecule has 0 radical (unpaired) electrons. The lowest BCUT2D eigenvalue weighted by molar-refractivity contribution is -0.207. The summed E-state index contributed by atoms with van der Waals surface area (Å²) in [4.78, 5) is 6.11. The van der Waals surface area contributed by atoms with Gasteiger partial charge in [0.1, 0.15) is 5.82 Å². The number of hydrogen-bond donors (Lipinski definition) is 2. The fourth-order valence-corrected chi connectivity index (χ4v) is 1.43. The van der Waals surface area contributed by atoms with Crippen LogP contribution in [0.3, 0.4) is 0 Å². The molecule has 2 aromatic heterocycles. The first-order chi connectivity index (χ1) is 8.38. The van der Waals surface area contributed by atoms with Crippen LogP contribution in [0.1, 0.15) is 11.8 Å². The number of pyridine rings is 1. The second kappa shape index (κ2) is 4.41. The molecule has 0 saturated heterocycles. The van der Waals surface area contributed by atoms with Gasteiger partial charge in [-0.15, -0.1) is 0 Å². The number of nitrogens with one attached hydrogen (secondary N) is 1. The summed E-state index contributed by atoms with van der Waals surface area (Å²) in [5.41, 5.74) is 0.175. The van der Waals surface area contributed by atoms with Gasteiger partial charge in [0, 0.05) is 0 Å². The molecule has 2 N–H and O–H groups in total. The van der Waals surface area contributed by atoms with Crippen LogP contribution >= 0.6 is 0 Å². The van der Waals surface area contributed by atoms with Gasteiger partial charge in [-0.3, -0.25) is 4.98 Å². The number of H-pyrrole nitrogens is 1. The maximum Gasteiger partial charge on any atom is 0.420 e. The van der Waals surface area contributed by atoms with Crippen molar-refractivity contribution in [2.24, 2.45) is 0 Å². The van der Waals surface area contributed by atoms with Gasteiger partial charge in [-0.25, -0.2) is 4.39 Å². The van der Waals surface area contributed by atoms with Crippen molar-refractivity contribution in [2.75, 3.05) is 0 Å². The number of hydrogen-bond acceptors (Lipinski definition) is 2. The first-order valence-corrected chi connectivity index (χ1v) is 4.93. The highest BCUT2D eigenvalue weighted by Gasteiger charge is 2.40. The fraction of sp³-hybridized carbons (Fsp3) is 0.182. The van der Waals surface area contributed by atoms with Gasteiger partial charge >= 0.3 is 6.18 Å². The van der Waals surface area contributed by atoms with Crippen LogP contribution in [0, 0.1) is 5.82 Å². The Balaban J connectivity index is 2.28. The zero-order valence-electron chi connectivity index (χ0n) is 8.87. The summed E-state index contributed by atoms with van der Waals surface area (Å²) >= 11 is 0. The predicted molar refractivity (Wildman–Crippen MR) is 55.0 cm³/mol. The molecule has 0 fully saturated rings. The molecule has 1 atom stereocenters. The normalized spacial score (nSPS) is 13.6. The number of nitrogens with zero attached hydrogens (tertiary/aromatic N) is 1. The minimum Gasteiger partial charge on any atom is -0.378 e. The van der Waals surface area contributed by atoms with Crippen molar-refractivity contribution < 1.29 is 22.7 Å². The Bertz CT molecular complexity index is 533. The SMILES string of the molecule is OC(c1ccc(-c2ccc(F)cn2)[nH]1)C(F)(F)F. The van der Waals surface area contributed by atoms with Crippen molar-refractivity contribution in [3.05, 3.63) is 42.0 Å². The van der Waals surface area contributed by atoms with E-state index < -0.39 is 18.1 Å². The van der Waals surface area contributed by atoms with Gasteiger partial charge in [0.25, 0.3) is 0 Å². The monoisotopic (exact) mass is 260 g/mol. The highest BCUT2D eigenvalue weighted by Crippen LogP contribution is 2.32. The Kier molecular flexibility index (Phi) is 3.08. The molecule has 0 aliphatic heterocycles. The predicted octanol–water partition coefficient (Wildman–Crippen LogP) is 2.81. The van der Waals surface area contributed by atoms with Crippen molar-refractivity contribution in [3.63, 3.8) is 0 Å². The number of aliphatic hydroxyl groups excluding tert-OH is 1. The summed E-state index contributed by atoms with van der Waals surface area (Å²) in [5, 5.41) is 9.02. The summed E-state index contributed by atoms with van der Waals surface area (Å²) in [6.45, 7) is 0. The van der Waals surface area contributed by atoms with Crippen molar-refractivity contribution in [1.29, 1.82) is 0 Å². The largest absolute Gasteiger partial charge is 0.420 e. The molecule has 2 heterocycles. The third-order valence-electron chi connectivity index (χ3n) is 2.32. The minimum atomic E-state index is -4.74. The van der Waals surface area contributed by atoms with Crippen LogP contribution in [0.5, 0.6) is 0 Å². The Labute approximate surface area is 99.1 Å². The van der Waals surface area contributed by atoms with Gasteiger partial charge in [0.15, 0.2) is 6.10 Å². The Hall–Kier alpha value is -1.89. The maximum atomic E-state index is 12.6. The highest BCUT2D eigenvalue weighted by atomic mass is 19.4. The third-order valence-corrected chi connectivity index (χ3v) is 2.32. The lowest BCUT2D eigenvalue weighted by Crippen LogP contribution is -2.20. The number of alkyl halides is 3. The molecule has 0 saturated carbocycles. The second-order valence-corrected chi connectivity index (χ2v) is 3.63. The minimum absolute atomic E-state index is 0.272. The van der Waals surface area contributed by atoms with Crippen LogP contribution in [0.2, 0.25) is 0 Å². The average molecular weight is 260 g/mol. The van der Waals surface area contributed by atoms with E-state index in [1.807, 2.05) is 0 Å². The molecule has 7 heteroatoms. The van der Waals surface area contributed by atoms with E-state index in [0.29, 0.717) is 0 Å². The zero-order chi connectivity index (χ0) is 13.3. The third kappa shape index (κ3) is 2.51. The molecule has 2 rings (SSSR count). The van der Waals surface area contributed by atoms with Gasteiger partial charge < -0.3 is 10.1 Å². The lowest BCUT2D eigenvalue weighted by Gasteiger charge is -2.12. The summed E-state index contributed by atoms with van der Waals surface area (Å²) in [7, 11) is 0. The molecule has 3 nitrogen and oxygen atoms in total. The molecular formula is C11H8F4N2O. The molecule has 96 valence electrons. The van der Waals surface area contributed by atoms with E-state index in [-0.39, 0.29) is 17.1 Å². The van der Waals surface area contributed by atoms with E-state index in [4.69, 9.17) is 5.11 Å². The molecule has 0 amide bonds. The Morgan fingerprint density at radius 2 is 1.89 bits per heavy atom. The van der Waals surface area contributed by atoms with Crippen LogP contribution in [0.4, 0.5) is 17.6 Å².